The summed E-state index contributed by atoms with van der Waals surface area (Å²) in [5.74, 6) is 0.272. The van der Waals surface area contributed by atoms with Crippen molar-refractivity contribution < 1.29 is 23.0 Å². The molecule has 17 heavy (non-hydrogen) atoms. The summed E-state index contributed by atoms with van der Waals surface area (Å²) in [5.41, 5.74) is 6.12. The molecule has 96 valence electrons. The molecule has 1 aromatic rings. The third-order valence-electron chi connectivity index (χ3n) is 2.36. The van der Waals surface area contributed by atoms with Gasteiger partial charge in [0.2, 0.25) is 0 Å². The van der Waals surface area contributed by atoms with Crippen molar-refractivity contribution in [2.24, 2.45) is 5.73 Å². The first kappa shape index (κ1) is 13.6. The molecule has 0 saturated heterocycles. The van der Waals surface area contributed by atoms with Gasteiger partial charge in [-0.1, -0.05) is 6.07 Å². The Morgan fingerprint density at radius 1 is 1.41 bits per heavy atom. The van der Waals surface area contributed by atoms with E-state index in [4.69, 9.17) is 10.5 Å². The van der Waals surface area contributed by atoms with Gasteiger partial charge in [-0.25, -0.2) is 0 Å². The molecule has 0 aliphatic rings. The molecular weight excluding hydrogens is 235 g/mol. The van der Waals surface area contributed by atoms with Gasteiger partial charge in [0.1, 0.15) is 11.5 Å². The van der Waals surface area contributed by atoms with Crippen LogP contribution >= 0.6 is 0 Å². The van der Waals surface area contributed by atoms with Crippen LogP contribution in [0.4, 0.5) is 13.2 Å². The van der Waals surface area contributed by atoms with Gasteiger partial charge in [0.25, 0.3) is 0 Å². The van der Waals surface area contributed by atoms with Crippen LogP contribution in [-0.4, -0.2) is 18.4 Å². The molecule has 0 aliphatic heterocycles. The van der Waals surface area contributed by atoms with Crippen LogP contribution in [0.3, 0.4) is 0 Å². The molecule has 0 radical (unpaired) electrons. The maximum atomic E-state index is 12.1. The highest BCUT2D eigenvalue weighted by molar-refractivity contribution is 5.41. The van der Waals surface area contributed by atoms with Crippen LogP contribution in [0.2, 0.25) is 0 Å². The summed E-state index contributed by atoms with van der Waals surface area (Å²) < 4.78 is 41.1. The van der Waals surface area contributed by atoms with E-state index in [1.807, 2.05) is 0 Å². The molecule has 0 aliphatic carbocycles. The largest absolute Gasteiger partial charge is 0.508 e. The number of aromatic hydroxyl groups is 1. The van der Waals surface area contributed by atoms with Gasteiger partial charge in [-0.3, -0.25) is 0 Å². The molecule has 0 amide bonds. The van der Waals surface area contributed by atoms with E-state index in [9.17, 15) is 18.3 Å². The monoisotopic (exact) mass is 249 g/mol. The van der Waals surface area contributed by atoms with E-state index in [1.165, 1.54) is 25.3 Å². The first-order chi connectivity index (χ1) is 7.83. The summed E-state index contributed by atoms with van der Waals surface area (Å²) in [6, 6.07) is 3.38. The molecule has 0 fully saturated rings. The second kappa shape index (κ2) is 5.27. The van der Waals surface area contributed by atoms with Gasteiger partial charge < -0.3 is 15.6 Å². The smallest absolute Gasteiger partial charge is 0.389 e. The van der Waals surface area contributed by atoms with Crippen LogP contribution in [0.25, 0.3) is 0 Å². The first-order valence-corrected chi connectivity index (χ1v) is 5.02. The zero-order chi connectivity index (χ0) is 13.1. The lowest BCUT2D eigenvalue weighted by molar-refractivity contribution is -0.136. The average molecular weight is 249 g/mol. The number of ether oxygens (including phenoxy) is 1. The Kier molecular flexibility index (Phi) is 4.22. The standard InChI is InChI=1S/C11H14F3NO2/c1-17-10-6-7(16)2-3-8(10)9(15)4-5-11(12,13)14/h2-3,6,9,16H,4-5,15H2,1H3/t9-/m0/s1. The predicted molar refractivity (Wildman–Crippen MR) is 56.9 cm³/mol. The molecule has 0 saturated carbocycles. The molecule has 0 heterocycles. The van der Waals surface area contributed by atoms with Crippen molar-refractivity contribution in [1.82, 2.24) is 0 Å². The molecule has 3 nitrogen and oxygen atoms in total. The normalized spacial score (nSPS) is 13.5. The second-order valence-electron chi connectivity index (χ2n) is 3.69. The number of benzene rings is 1. The van der Waals surface area contributed by atoms with Gasteiger partial charge in [-0.2, -0.15) is 13.2 Å². The van der Waals surface area contributed by atoms with Gasteiger partial charge in [-0.15, -0.1) is 0 Å². The van der Waals surface area contributed by atoms with Gasteiger partial charge in [-0.05, 0) is 12.5 Å². The van der Waals surface area contributed by atoms with Crippen molar-refractivity contribution >= 4 is 0 Å². The number of phenolic OH excluding ortho intramolecular Hbond substituents is 1. The molecule has 3 N–H and O–H groups in total. The van der Waals surface area contributed by atoms with Crippen molar-refractivity contribution in [2.75, 3.05) is 7.11 Å². The molecule has 0 unspecified atom stereocenters. The summed E-state index contributed by atoms with van der Waals surface area (Å²) in [5, 5.41) is 9.21. The Labute approximate surface area is 97.0 Å². The molecule has 0 bridgehead atoms. The van der Waals surface area contributed by atoms with E-state index < -0.39 is 18.6 Å². The maximum Gasteiger partial charge on any atom is 0.389 e. The molecule has 1 atom stereocenters. The number of nitrogens with two attached hydrogens (primary N) is 1. The van der Waals surface area contributed by atoms with E-state index in [1.54, 1.807) is 0 Å². The Morgan fingerprint density at radius 3 is 2.59 bits per heavy atom. The highest BCUT2D eigenvalue weighted by Crippen LogP contribution is 2.32. The van der Waals surface area contributed by atoms with Gasteiger partial charge in [0.05, 0.1) is 7.11 Å². The highest BCUT2D eigenvalue weighted by Gasteiger charge is 2.28. The number of alkyl halides is 3. The number of halogens is 3. The fourth-order valence-electron chi connectivity index (χ4n) is 1.48. The minimum atomic E-state index is -4.22. The van der Waals surface area contributed by atoms with Crippen LogP contribution in [-0.2, 0) is 0 Å². The number of hydrogen-bond donors (Lipinski definition) is 2. The van der Waals surface area contributed by atoms with Gasteiger partial charge in [0, 0.05) is 24.1 Å². The number of methoxy groups -OCH3 is 1. The molecule has 1 aromatic carbocycles. The van der Waals surface area contributed by atoms with Crippen LogP contribution in [0, 0.1) is 0 Å². The number of rotatable bonds is 4. The highest BCUT2D eigenvalue weighted by atomic mass is 19.4. The Bertz CT molecular complexity index is 379. The fraction of sp³-hybridized carbons (Fsp3) is 0.455. The summed E-state index contributed by atoms with van der Waals surface area (Å²) >= 11 is 0. The zero-order valence-corrected chi connectivity index (χ0v) is 9.29. The predicted octanol–water partition coefficient (Wildman–Crippen LogP) is 2.74. The van der Waals surface area contributed by atoms with E-state index in [0.29, 0.717) is 11.3 Å². The Hall–Kier alpha value is -1.43. The van der Waals surface area contributed by atoms with Crippen LogP contribution < -0.4 is 10.5 Å². The average Bonchev–Trinajstić information content (AvgIpc) is 2.24. The molecule has 0 spiro atoms. The fourth-order valence-corrected chi connectivity index (χ4v) is 1.48. The summed E-state index contributed by atoms with van der Waals surface area (Å²) in [6.45, 7) is 0. The van der Waals surface area contributed by atoms with Crippen LogP contribution in [0.5, 0.6) is 11.5 Å². The number of hydrogen-bond acceptors (Lipinski definition) is 3. The van der Waals surface area contributed by atoms with Crippen LogP contribution in [0.15, 0.2) is 18.2 Å². The molecular formula is C11H14F3NO2. The van der Waals surface area contributed by atoms with Crippen molar-refractivity contribution in [3.05, 3.63) is 23.8 Å². The first-order valence-electron chi connectivity index (χ1n) is 5.02. The topological polar surface area (TPSA) is 55.5 Å². The third-order valence-corrected chi connectivity index (χ3v) is 2.36. The van der Waals surface area contributed by atoms with Crippen molar-refractivity contribution in [1.29, 1.82) is 0 Å². The van der Waals surface area contributed by atoms with E-state index >= 15 is 0 Å². The lowest BCUT2D eigenvalue weighted by Crippen LogP contribution is -2.16. The van der Waals surface area contributed by atoms with Crippen molar-refractivity contribution in [3.8, 4) is 11.5 Å². The minimum Gasteiger partial charge on any atom is -0.508 e. The zero-order valence-electron chi connectivity index (χ0n) is 9.29. The SMILES string of the molecule is COc1cc(O)ccc1[C@@H](N)CCC(F)(F)F. The summed E-state index contributed by atoms with van der Waals surface area (Å²) in [7, 11) is 1.37. The second-order valence-corrected chi connectivity index (χ2v) is 3.69. The molecule has 0 aromatic heterocycles. The van der Waals surface area contributed by atoms with E-state index in [2.05, 4.69) is 0 Å². The summed E-state index contributed by atoms with van der Waals surface area (Å²) in [4.78, 5) is 0. The third kappa shape index (κ3) is 4.14. The van der Waals surface area contributed by atoms with E-state index in [0.717, 1.165) is 0 Å². The quantitative estimate of drug-likeness (QED) is 0.862. The minimum absolute atomic E-state index is 0.0198. The Balaban J connectivity index is 2.78. The summed E-state index contributed by atoms with van der Waals surface area (Å²) in [6.07, 6.45) is -5.38. The molecule has 1 rings (SSSR count). The van der Waals surface area contributed by atoms with Crippen molar-refractivity contribution in [2.45, 2.75) is 25.1 Å². The maximum absolute atomic E-state index is 12.1. The lowest BCUT2D eigenvalue weighted by Gasteiger charge is -2.16. The van der Waals surface area contributed by atoms with Crippen molar-refractivity contribution in [3.63, 3.8) is 0 Å². The van der Waals surface area contributed by atoms with E-state index in [-0.39, 0.29) is 12.2 Å². The lowest BCUT2D eigenvalue weighted by atomic mass is 10.0. The van der Waals surface area contributed by atoms with Gasteiger partial charge >= 0.3 is 6.18 Å². The van der Waals surface area contributed by atoms with Gasteiger partial charge in [0.15, 0.2) is 0 Å². The van der Waals surface area contributed by atoms with Crippen LogP contribution in [0.1, 0.15) is 24.4 Å². The number of phenols is 1. The Morgan fingerprint density at radius 2 is 2.06 bits per heavy atom. The molecule has 6 heteroatoms.